The normalized spacial score (nSPS) is 12.9. The molecule has 0 spiro atoms. The van der Waals surface area contributed by atoms with Gasteiger partial charge in [-0.3, -0.25) is 4.79 Å². The van der Waals surface area contributed by atoms with E-state index in [2.05, 4.69) is 17.1 Å². The maximum absolute atomic E-state index is 10.9. The van der Waals surface area contributed by atoms with Crippen LogP contribution in [0.4, 0.5) is 0 Å². The summed E-state index contributed by atoms with van der Waals surface area (Å²) in [4.78, 5) is 14.1. The summed E-state index contributed by atoms with van der Waals surface area (Å²) in [7, 11) is 0. The second-order valence-corrected chi connectivity index (χ2v) is 4.33. The Balaban J connectivity index is 2.60. The molecule has 2 aromatic rings. The molecule has 0 saturated heterocycles. The molecule has 2 N–H and O–H groups in total. The summed E-state index contributed by atoms with van der Waals surface area (Å²) in [5.41, 5.74) is 4.14. The van der Waals surface area contributed by atoms with Gasteiger partial charge in [0.1, 0.15) is 0 Å². The highest BCUT2D eigenvalue weighted by Crippen LogP contribution is 2.25. The van der Waals surface area contributed by atoms with Crippen LogP contribution in [0.2, 0.25) is 0 Å². The first-order valence-corrected chi connectivity index (χ1v) is 5.31. The molecule has 1 aromatic carbocycles. The molecule has 1 heterocycles. The molecule has 2 rings (SSSR count). The van der Waals surface area contributed by atoms with Gasteiger partial charge in [0.05, 0.1) is 5.92 Å². The number of carboxylic acids is 1. The number of aromatic nitrogens is 1. The number of carboxylic acid groups (broad SMARTS) is 1. The number of benzene rings is 1. The SMILES string of the molecule is Cc1cc(C)c2[nH]c(C(C)C(=O)O)cc2c1. The van der Waals surface area contributed by atoms with Crippen molar-refractivity contribution < 1.29 is 9.90 Å². The van der Waals surface area contributed by atoms with E-state index >= 15 is 0 Å². The zero-order valence-electron chi connectivity index (χ0n) is 9.66. The lowest BCUT2D eigenvalue weighted by molar-refractivity contribution is -0.138. The molecule has 0 aliphatic rings. The third kappa shape index (κ3) is 1.69. The van der Waals surface area contributed by atoms with Crippen LogP contribution < -0.4 is 0 Å². The number of fused-ring (bicyclic) bond motifs is 1. The minimum absolute atomic E-state index is 0.493. The average Bonchev–Trinajstić information content (AvgIpc) is 2.60. The van der Waals surface area contributed by atoms with Crippen molar-refractivity contribution in [1.82, 2.24) is 4.98 Å². The van der Waals surface area contributed by atoms with Gasteiger partial charge in [0.2, 0.25) is 0 Å². The van der Waals surface area contributed by atoms with Crippen LogP contribution >= 0.6 is 0 Å². The van der Waals surface area contributed by atoms with Crippen molar-refractivity contribution >= 4 is 16.9 Å². The Kier molecular flexibility index (Phi) is 2.46. The second kappa shape index (κ2) is 3.67. The van der Waals surface area contributed by atoms with Crippen molar-refractivity contribution in [2.24, 2.45) is 0 Å². The highest BCUT2D eigenvalue weighted by molar-refractivity contribution is 5.86. The molecule has 0 radical (unpaired) electrons. The Hall–Kier alpha value is -1.77. The van der Waals surface area contributed by atoms with Gasteiger partial charge in [-0.2, -0.15) is 0 Å². The average molecular weight is 217 g/mol. The highest BCUT2D eigenvalue weighted by Gasteiger charge is 2.16. The third-order valence-corrected chi connectivity index (χ3v) is 2.93. The smallest absolute Gasteiger partial charge is 0.312 e. The molecule has 3 heteroatoms. The molecule has 0 aliphatic heterocycles. The molecule has 0 aliphatic carbocycles. The predicted octanol–water partition coefficient (Wildman–Crippen LogP) is 2.97. The van der Waals surface area contributed by atoms with Gasteiger partial charge >= 0.3 is 5.97 Å². The van der Waals surface area contributed by atoms with E-state index in [0.29, 0.717) is 0 Å². The fourth-order valence-electron chi connectivity index (χ4n) is 2.00. The highest BCUT2D eigenvalue weighted by atomic mass is 16.4. The molecule has 3 nitrogen and oxygen atoms in total. The van der Waals surface area contributed by atoms with Crippen LogP contribution in [0.1, 0.15) is 29.7 Å². The summed E-state index contributed by atoms with van der Waals surface area (Å²) in [5, 5.41) is 10.0. The van der Waals surface area contributed by atoms with Crippen molar-refractivity contribution in [3.8, 4) is 0 Å². The van der Waals surface area contributed by atoms with Crippen LogP contribution in [0.5, 0.6) is 0 Å². The summed E-state index contributed by atoms with van der Waals surface area (Å²) in [6, 6.07) is 6.08. The van der Waals surface area contributed by atoms with Crippen molar-refractivity contribution in [2.75, 3.05) is 0 Å². The fraction of sp³-hybridized carbons (Fsp3) is 0.308. The topological polar surface area (TPSA) is 53.1 Å². The van der Waals surface area contributed by atoms with Gasteiger partial charge in [-0.25, -0.2) is 0 Å². The molecule has 0 saturated carbocycles. The van der Waals surface area contributed by atoms with E-state index in [9.17, 15) is 4.79 Å². The lowest BCUT2D eigenvalue weighted by Gasteiger charge is -2.01. The van der Waals surface area contributed by atoms with Gasteiger partial charge in [-0.05, 0) is 38.5 Å². The van der Waals surface area contributed by atoms with Crippen LogP contribution in [-0.2, 0) is 4.79 Å². The van der Waals surface area contributed by atoms with Gasteiger partial charge in [-0.15, -0.1) is 0 Å². The van der Waals surface area contributed by atoms with Crippen molar-refractivity contribution in [3.05, 3.63) is 35.0 Å². The van der Waals surface area contributed by atoms with Gasteiger partial charge in [0.25, 0.3) is 0 Å². The number of hydrogen-bond acceptors (Lipinski definition) is 1. The number of H-pyrrole nitrogens is 1. The van der Waals surface area contributed by atoms with Gasteiger partial charge in [-0.1, -0.05) is 11.6 Å². The van der Waals surface area contributed by atoms with Crippen molar-refractivity contribution in [1.29, 1.82) is 0 Å². The fourth-order valence-corrected chi connectivity index (χ4v) is 2.00. The molecule has 0 fully saturated rings. The molecule has 1 atom stereocenters. The first-order chi connectivity index (χ1) is 7.49. The van der Waals surface area contributed by atoms with E-state index in [1.807, 2.05) is 19.9 Å². The largest absolute Gasteiger partial charge is 0.481 e. The molecular formula is C13H15NO2. The minimum Gasteiger partial charge on any atom is -0.481 e. The van der Waals surface area contributed by atoms with E-state index in [1.54, 1.807) is 6.92 Å². The lowest BCUT2D eigenvalue weighted by Crippen LogP contribution is -2.07. The summed E-state index contributed by atoms with van der Waals surface area (Å²) >= 11 is 0. The Morgan fingerprint density at radius 2 is 2.00 bits per heavy atom. The number of nitrogens with one attached hydrogen (secondary N) is 1. The molecule has 84 valence electrons. The van der Waals surface area contributed by atoms with Gasteiger partial charge in [0.15, 0.2) is 0 Å². The summed E-state index contributed by atoms with van der Waals surface area (Å²) in [6.45, 7) is 5.76. The number of hydrogen-bond donors (Lipinski definition) is 2. The van der Waals surface area contributed by atoms with Crippen LogP contribution in [0, 0.1) is 13.8 Å². The zero-order valence-corrected chi connectivity index (χ0v) is 9.66. The maximum Gasteiger partial charge on any atom is 0.312 e. The second-order valence-electron chi connectivity index (χ2n) is 4.33. The zero-order chi connectivity index (χ0) is 11.9. The standard InChI is InChI=1S/C13H15NO2/c1-7-4-8(2)12-10(5-7)6-11(14-12)9(3)13(15)16/h4-6,9,14H,1-3H3,(H,15,16). The van der Waals surface area contributed by atoms with Gasteiger partial charge < -0.3 is 10.1 Å². The predicted molar refractivity (Wildman–Crippen MR) is 63.8 cm³/mol. The van der Waals surface area contributed by atoms with Crippen LogP contribution in [-0.4, -0.2) is 16.1 Å². The number of rotatable bonds is 2. The van der Waals surface area contributed by atoms with E-state index < -0.39 is 11.9 Å². The molecular weight excluding hydrogens is 202 g/mol. The van der Waals surface area contributed by atoms with Crippen molar-refractivity contribution in [2.45, 2.75) is 26.7 Å². The van der Waals surface area contributed by atoms with E-state index in [-0.39, 0.29) is 0 Å². The maximum atomic E-state index is 10.9. The van der Waals surface area contributed by atoms with E-state index in [1.165, 1.54) is 5.56 Å². The van der Waals surface area contributed by atoms with Crippen LogP contribution in [0.15, 0.2) is 18.2 Å². The number of carbonyl (C=O) groups is 1. The molecule has 1 unspecified atom stereocenters. The van der Waals surface area contributed by atoms with Gasteiger partial charge in [0, 0.05) is 16.6 Å². The molecule has 1 aromatic heterocycles. The lowest BCUT2D eigenvalue weighted by atomic mass is 10.1. The Bertz CT molecular complexity index is 554. The molecule has 0 bridgehead atoms. The summed E-state index contributed by atoms with van der Waals surface area (Å²) < 4.78 is 0. The molecule has 0 amide bonds. The Labute approximate surface area is 94.1 Å². The van der Waals surface area contributed by atoms with Crippen molar-refractivity contribution in [3.63, 3.8) is 0 Å². The molecule has 16 heavy (non-hydrogen) atoms. The minimum atomic E-state index is -0.805. The monoisotopic (exact) mass is 217 g/mol. The van der Waals surface area contributed by atoms with E-state index in [4.69, 9.17) is 5.11 Å². The van der Waals surface area contributed by atoms with Crippen LogP contribution in [0.3, 0.4) is 0 Å². The number of aromatic amines is 1. The summed E-state index contributed by atoms with van der Waals surface area (Å²) in [6.07, 6.45) is 0. The first kappa shape index (κ1) is 10.7. The first-order valence-electron chi connectivity index (χ1n) is 5.31. The Morgan fingerprint density at radius 3 is 2.62 bits per heavy atom. The summed E-state index contributed by atoms with van der Waals surface area (Å²) in [5.74, 6) is -1.30. The van der Waals surface area contributed by atoms with Crippen LogP contribution in [0.25, 0.3) is 10.9 Å². The third-order valence-electron chi connectivity index (χ3n) is 2.93. The number of aryl methyl sites for hydroxylation is 2. The number of aliphatic carboxylic acids is 1. The quantitative estimate of drug-likeness (QED) is 0.812. The van der Waals surface area contributed by atoms with E-state index in [0.717, 1.165) is 22.2 Å². The Morgan fingerprint density at radius 1 is 1.31 bits per heavy atom.